The summed E-state index contributed by atoms with van der Waals surface area (Å²) in [5, 5.41) is 4.90. The fourth-order valence-electron chi connectivity index (χ4n) is 3.39. The summed E-state index contributed by atoms with van der Waals surface area (Å²) in [5.41, 5.74) is 2.13. The van der Waals surface area contributed by atoms with Crippen LogP contribution in [0.2, 0.25) is 0 Å². The zero-order chi connectivity index (χ0) is 21.5. The highest BCUT2D eigenvalue weighted by Crippen LogP contribution is 2.18. The topological polar surface area (TPSA) is 65.5 Å². The third kappa shape index (κ3) is 5.65. The predicted molar refractivity (Wildman–Crippen MR) is 124 cm³/mol. The number of rotatable bonds is 6. The van der Waals surface area contributed by atoms with Crippen molar-refractivity contribution in [2.75, 3.05) is 38.0 Å². The second-order valence-corrected chi connectivity index (χ2v) is 8.12. The Hall–Kier alpha value is -3.29. The van der Waals surface area contributed by atoms with Crippen molar-refractivity contribution in [3.8, 4) is 0 Å². The van der Waals surface area contributed by atoms with Crippen LogP contribution in [0.25, 0.3) is 6.08 Å². The van der Waals surface area contributed by atoms with E-state index in [0.29, 0.717) is 29.5 Å². The van der Waals surface area contributed by atoms with E-state index < -0.39 is 0 Å². The maximum Gasteiger partial charge on any atom is 0.273 e. The number of nitrogens with one attached hydrogen (secondary N) is 1. The van der Waals surface area contributed by atoms with Crippen LogP contribution in [-0.2, 0) is 0 Å². The van der Waals surface area contributed by atoms with Crippen LogP contribution in [-0.4, -0.2) is 59.3 Å². The SMILES string of the molecule is O=C(Nc1nc(C(=O)N2CCN(C/C=C/c3ccccc3)CC2)cs1)c1ccccc1. The van der Waals surface area contributed by atoms with Gasteiger partial charge in [0, 0.05) is 43.7 Å². The number of hydrogen-bond donors (Lipinski definition) is 1. The van der Waals surface area contributed by atoms with Gasteiger partial charge >= 0.3 is 0 Å². The molecule has 1 aromatic heterocycles. The molecule has 2 amide bonds. The lowest BCUT2D eigenvalue weighted by Crippen LogP contribution is -2.48. The fraction of sp³-hybridized carbons (Fsp3) is 0.208. The van der Waals surface area contributed by atoms with Crippen LogP contribution in [0, 0.1) is 0 Å². The van der Waals surface area contributed by atoms with Crippen molar-refractivity contribution in [1.82, 2.24) is 14.8 Å². The number of amides is 2. The Morgan fingerprint density at radius 1 is 0.968 bits per heavy atom. The van der Waals surface area contributed by atoms with Gasteiger partial charge < -0.3 is 4.90 Å². The third-order valence-electron chi connectivity index (χ3n) is 5.11. The number of nitrogens with zero attached hydrogens (tertiary/aromatic N) is 3. The van der Waals surface area contributed by atoms with Gasteiger partial charge in [-0.1, -0.05) is 60.7 Å². The van der Waals surface area contributed by atoms with Gasteiger partial charge in [0.25, 0.3) is 11.8 Å². The molecule has 7 heteroatoms. The van der Waals surface area contributed by atoms with Crippen LogP contribution in [0.3, 0.4) is 0 Å². The van der Waals surface area contributed by atoms with Gasteiger partial charge in [-0.3, -0.25) is 19.8 Å². The van der Waals surface area contributed by atoms with Crippen molar-refractivity contribution in [1.29, 1.82) is 0 Å². The van der Waals surface area contributed by atoms with E-state index in [-0.39, 0.29) is 11.8 Å². The number of carbonyl (C=O) groups is 2. The van der Waals surface area contributed by atoms with E-state index >= 15 is 0 Å². The smallest absolute Gasteiger partial charge is 0.273 e. The maximum atomic E-state index is 12.8. The molecule has 3 aromatic rings. The number of aromatic nitrogens is 1. The highest BCUT2D eigenvalue weighted by molar-refractivity contribution is 7.14. The van der Waals surface area contributed by atoms with Crippen molar-refractivity contribution in [2.24, 2.45) is 0 Å². The Labute approximate surface area is 185 Å². The van der Waals surface area contributed by atoms with E-state index in [0.717, 1.165) is 19.6 Å². The lowest BCUT2D eigenvalue weighted by molar-refractivity contribution is 0.0645. The van der Waals surface area contributed by atoms with E-state index in [4.69, 9.17) is 0 Å². The van der Waals surface area contributed by atoms with Gasteiger partial charge in [-0.15, -0.1) is 11.3 Å². The normalized spacial score (nSPS) is 14.6. The number of piperazine rings is 1. The van der Waals surface area contributed by atoms with Crippen LogP contribution < -0.4 is 5.32 Å². The molecule has 0 bridgehead atoms. The van der Waals surface area contributed by atoms with E-state index in [1.165, 1.54) is 16.9 Å². The first-order valence-corrected chi connectivity index (χ1v) is 11.1. The summed E-state index contributed by atoms with van der Waals surface area (Å²) in [5.74, 6) is -0.318. The molecule has 0 aliphatic carbocycles. The Kier molecular flexibility index (Phi) is 6.86. The van der Waals surface area contributed by atoms with Gasteiger partial charge in [0.1, 0.15) is 5.69 Å². The van der Waals surface area contributed by atoms with Gasteiger partial charge in [0.05, 0.1) is 0 Å². The first-order valence-electron chi connectivity index (χ1n) is 10.2. The van der Waals surface area contributed by atoms with Gasteiger partial charge in [-0.25, -0.2) is 4.98 Å². The van der Waals surface area contributed by atoms with Crippen molar-refractivity contribution < 1.29 is 9.59 Å². The zero-order valence-electron chi connectivity index (χ0n) is 17.1. The lowest BCUT2D eigenvalue weighted by atomic mass is 10.2. The van der Waals surface area contributed by atoms with Crippen LogP contribution in [0.15, 0.2) is 72.1 Å². The minimum Gasteiger partial charge on any atom is -0.335 e. The Bertz CT molecular complexity index is 1040. The van der Waals surface area contributed by atoms with Crippen LogP contribution in [0.4, 0.5) is 5.13 Å². The number of thiazole rings is 1. The van der Waals surface area contributed by atoms with Crippen molar-refractivity contribution in [3.05, 3.63) is 88.9 Å². The Morgan fingerprint density at radius 2 is 1.65 bits per heavy atom. The molecular formula is C24H24N4O2S. The second kappa shape index (κ2) is 10.1. The highest BCUT2D eigenvalue weighted by atomic mass is 32.1. The molecule has 4 rings (SSSR count). The van der Waals surface area contributed by atoms with Crippen molar-refractivity contribution in [3.63, 3.8) is 0 Å². The van der Waals surface area contributed by atoms with Crippen LogP contribution >= 0.6 is 11.3 Å². The Morgan fingerprint density at radius 3 is 2.35 bits per heavy atom. The fourth-order valence-corrected chi connectivity index (χ4v) is 4.07. The average molecular weight is 433 g/mol. The number of hydrogen-bond acceptors (Lipinski definition) is 5. The third-order valence-corrected chi connectivity index (χ3v) is 5.87. The first kappa shape index (κ1) is 21.0. The molecule has 6 nitrogen and oxygen atoms in total. The highest BCUT2D eigenvalue weighted by Gasteiger charge is 2.23. The number of benzene rings is 2. The van der Waals surface area contributed by atoms with Gasteiger partial charge in [0.2, 0.25) is 0 Å². The van der Waals surface area contributed by atoms with Crippen molar-refractivity contribution >= 4 is 34.4 Å². The van der Waals surface area contributed by atoms with Gasteiger partial charge in [-0.2, -0.15) is 0 Å². The molecule has 0 atom stereocenters. The summed E-state index contributed by atoms with van der Waals surface area (Å²) in [6, 6.07) is 19.2. The Balaban J connectivity index is 1.26. The summed E-state index contributed by atoms with van der Waals surface area (Å²) in [7, 11) is 0. The summed E-state index contributed by atoms with van der Waals surface area (Å²) in [4.78, 5) is 33.5. The molecule has 158 valence electrons. The quantitative estimate of drug-likeness (QED) is 0.642. The standard InChI is InChI=1S/C24H24N4O2S/c29-22(20-11-5-2-6-12-20)26-24-25-21(18-31-24)23(30)28-16-14-27(15-17-28)13-7-10-19-8-3-1-4-9-19/h1-12,18H,13-17H2,(H,25,26,29)/b10-7+. The molecular weight excluding hydrogens is 408 g/mol. The summed E-state index contributed by atoms with van der Waals surface area (Å²) in [6.45, 7) is 3.85. The minimum absolute atomic E-state index is 0.0871. The van der Waals surface area contributed by atoms with Crippen molar-refractivity contribution in [2.45, 2.75) is 0 Å². The van der Waals surface area contributed by atoms with Crippen LogP contribution in [0.5, 0.6) is 0 Å². The average Bonchev–Trinajstić information content (AvgIpc) is 3.29. The zero-order valence-corrected chi connectivity index (χ0v) is 17.9. The molecule has 0 saturated carbocycles. The molecule has 2 heterocycles. The molecule has 0 unspecified atom stereocenters. The monoisotopic (exact) mass is 432 g/mol. The number of anilines is 1. The molecule has 1 aliphatic heterocycles. The molecule has 2 aromatic carbocycles. The van der Waals surface area contributed by atoms with E-state index in [1.54, 1.807) is 17.5 Å². The minimum atomic E-state index is -0.230. The summed E-state index contributed by atoms with van der Waals surface area (Å²) < 4.78 is 0. The maximum absolute atomic E-state index is 12.8. The molecule has 1 fully saturated rings. The predicted octanol–water partition coefficient (Wildman–Crippen LogP) is 3.87. The van der Waals surface area contributed by atoms with E-state index in [2.05, 4.69) is 39.5 Å². The molecule has 1 saturated heterocycles. The molecule has 0 spiro atoms. The summed E-state index contributed by atoms with van der Waals surface area (Å²) >= 11 is 1.26. The summed E-state index contributed by atoms with van der Waals surface area (Å²) in [6.07, 6.45) is 4.28. The molecule has 31 heavy (non-hydrogen) atoms. The number of carbonyl (C=O) groups excluding carboxylic acids is 2. The molecule has 0 radical (unpaired) electrons. The largest absolute Gasteiger partial charge is 0.335 e. The molecule has 1 N–H and O–H groups in total. The van der Waals surface area contributed by atoms with Crippen LogP contribution in [0.1, 0.15) is 26.4 Å². The van der Waals surface area contributed by atoms with E-state index in [9.17, 15) is 9.59 Å². The first-order chi connectivity index (χ1) is 15.2. The van der Waals surface area contributed by atoms with Gasteiger partial charge in [-0.05, 0) is 17.7 Å². The van der Waals surface area contributed by atoms with E-state index in [1.807, 2.05) is 41.3 Å². The molecule has 1 aliphatic rings. The lowest BCUT2D eigenvalue weighted by Gasteiger charge is -2.33. The second-order valence-electron chi connectivity index (χ2n) is 7.26. The van der Waals surface area contributed by atoms with Gasteiger partial charge in [0.15, 0.2) is 5.13 Å².